The minimum absolute atomic E-state index is 0.462. The van der Waals surface area contributed by atoms with Gasteiger partial charge in [-0.2, -0.15) is 5.10 Å². The third kappa shape index (κ3) is 2.18. The fraction of sp³-hybridized carbons (Fsp3) is 0.538. The molecule has 0 N–H and O–H groups in total. The molecule has 0 aliphatic carbocycles. The molecular formula is C13H18N4O. The summed E-state index contributed by atoms with van der Waals surface area (Å²) in [4.78, 5) is 2.44. The molecule has 5 nitrogen and oxygen atoms in total. The first-order chi connectivity index (χ1) is 8.72. The topological polar surface area (TPSA) is 47.1 Å². The second kappa shape index (κ2) is 4.57. The van der Waals surface area contributed by atoms with E-state index in [2.05, 4.69) is 21.4 Å². The van der Waals surface area contributed by atoms with Gasteiger partial charge in [-0.05, 0) is 26.3 Å². The smallest absolute Gasteiger partial charge is 0.150 e. The van der Waals surface area contributed by atoms with Crippen LogP contribution in [0.15, 0.2) is 23.0 Å². The van der Waals surface area contributed by atoms with Gasteiger partial charge in [-0.1, -0.05) is 5.16 Å². The largest absolute Gasteiger partial charge is 0.360 e. The zero-order valence-corrected chi connectivity index (χ0v) is 10.8. The Morgan fingerprint density at radius 1 is 1.50 bits per heavy atom. The number of nitrogens with zero attached hydrogens (tertiary/aromatic N) is 4. The van der Waals surface area contributed by atoms with E-state index >= 15 is 0 Å². The summed E-state index contributed by atoms with van der Waals surface area (Å²) in [6, 6.07) is 2.47. The Labute approximate surface area is 106 Å². The van der Waals surface area contributed by atoms with Crippen molar-refractivity contribution in [2.24, 2.45) is 7.05 Å². The molecule has 0 aromatic carbocycles. The Morgan fingerprint density at radius 3 is 3.06 bits per heavy atom. The highest BCUT2D eigenvalue weighted by Crippen LogP contribution is 2.32. The van der Waals surface area contributed by atoms with E-state index in [-0.39, 0.29) is 0 Å². The average Bonchev–Trinajstić information content (AvgIpc) is 3.01. The van der Waals surface area contributed by atoms with Crippen molar-refractivity contribution >= 4 is 0 Å². The monoisotopic (exact) mass is 246 g/mol. The van der Waals surface area contributed by atoms with Crippen LogP contribution in [0.3, 0.4) is 0 Å². The van der Waals surface area contributed by atoms with E-state index in [1.54, 1.807) is 0 Å². The molecule has 0 saturated carbocycles. The number of hydrogen-bond acceptors (Lipinski definition) is 4. The third-order valence-electron chi connectivity index (χ3n) is 3.51. The molecular weight excluding hydrogens is 228 g/mol. The van der Waals surface area contributed by atoms with Crippen molar-refractivity contribution in [2.75, 3.05) is 6.54 Å². The summed E-state index contributed by atoms with van der Waals surface area (Å²) >= 11 is 0. The lowest BCUT2D eigenvalue weighted by Gasteiger charge is -2.21. The Morgan fingerprint density at radius 2 is 2.39 bits per heavy atom. The predicted octanol–water partition coefficient (Wildman–Crippen LogP) is 2.05. The summed E-state index contributed by atoms with van der Waals surface area (Å²) in [6.07, 6.45) is 6.49. The minimum Gasteiger partial charge on any atom is -0.360 e. The maximum Gasteiger partial charge on any atom is 0.150 e. The molecule has 2 aromatic rings. The van der Waals surface area contributed by atoms with E-state index < -0.39 is 0 Å². The molecule has 1 aliphatic rings. The zero-order valence-electron chi connectivity index (χ0n) is 10.8. The summed E-state index contributed by atoms with van der Waals surface area (Å²) in [7, 11) is 1.96. The Balaban J connectivity index is 1.75. The number of likely N-dealkylation sites (tertiary alicyclic amines) is 1. The van der Waals surface area contributed by atoms with Gasteiger partial charge < -0.3 is 4.52 Å². The first-order valence-electron chi connectivity index (χ1n) is 6.37. The van der Waals surface area contributed by atoms with Gasteiger partial charge in [0, 0.05) is 30.9 Å². The second-order valence-electron chi connectivity index (χ2n) is 5.01. The van der Waals surface area contributed by atoms with E-state index in [0.717, 1.165) is 24.5 Å². The van der Waals surface area contributed by atoms with Gasteiger partial charge >= 0.3 is 0 Å². The average molecular weight is 246 g/mol. The van der Waals surface area contributed by atoms with Crippen molar-refractivity contribution in [3.05, 3.63) is 35.5 Å². The van der Waals surface area contributed by atoms with E-state index in [4.69, 9.17) is 4.52 Å². The Hall–Kier alpha value is -1.62. The fourth-order valence-electron chi connectivity index (χ4n) is 2.70. The minimum atomic E-state index is 0.462. The van der Waals surface area contributed by atoms with Crippen LogP contribution in [0.2, 0.25) is 0 Å². The van der Waals surface area contributed by atoms with E-state index in [0.29, 0.717) is 6.04 Å². The number of hydrogen-bond donors (Lipinski definition) is 0. The molecule has 2 aromatic heterocycles. The first kappa shape index (κ1) is 11.5. The van der Waals surface area contributed by atoms with Crippen molar-refractivity contribution in [1.29, 1.82) is 0 Å². The van der Waals surface area contributed by atoms with Crippen LogP contribution in [-0.2, 0) is 13.6 Å². The van der Waals surface area contributed by atoms with Crippen LogP contribution in [-0.4, -0.2) is 26.4 Å². The number of aromatic nitrogens is 3. The fourth-order valence-corrected chi connectivity index (χ4v) is 2.70. The summed E-state index contributed by atoms with van der Waals surface area (Å²) in [6.45, 7) is 3.90. The molecule has 1 atom stereocenters. The highest BCUT2D eigenvalue weighted by Gasteiger charge is 2.27. The summed E-state index contributed by atoms with van der Waals surface area (Å²) < 4.78 is 7.17. The van der Waals surface area contributed by atoms with E-state index in [1.165, 1.54) is 18.4 Å². The van der Waals surface area contributed by atoms with Crippen molar-refractivity contribution in [2.45, 2.75) is 32.4 Å². The van der Waals surface area contributed by atoms with Crippen LogP contribution >= 0.6 is 0 Å². The number of aryl methyl sites for hydroxylation is 2. The van der Waals surface area contributed by atoms with Crippen LogP contribution < -0.4 is 0 Å². The van der Waals surface area contributed by atoms with Gasteiger partial charge in [0.2, 0.25) is 0 Å². The normalized spacial score (nSPS) is 20.7. The van der Waals surface area contributed by atoms with Gasteiger partial charge in [0.05, 0.1) is 18.4 Å². The Bertz CT molecular complexity index is 531. The molecule has 3 rings (SSSR count). The quantitative estimate of drug-likeness (QED) is 0.831. The van der Waals surface area contributed by atoms with Gasteiger partial charge in [-0.25, -0.2) is 0 Å². The molecule has 1 fully saturated rings. The van der Waals surface area contributed by atoms with Gasteiger partial charge in [-0.3, -0.25) is 9.58 Å². The highest BCUT2D eigenvalue weighted by atomic mass is 16.5. The molecule has 0 unspecified atom stereocenters. The highest BCUT2D eigenvalue weighted by molar-refractivity contribution is 5.13. The summed E-state index contributed by atoms with van der Waals surface area (Å²) in [5, 5.41) is 8.20. The number of rotatable bonds is 3. The zero-order chi connectivity index (χ0) is 12.5. The predicted molar refractivity (Wildman–Crippen MR) is 66.8 cm³/mol. The lowest BCUT2D eigenvalue weighted by molar-refractivity contribution is 0.216. The molecule has 1 aliphatic heterocycles. The SMILES string of the molecule is Cc1cc(CN2CCC[C@H]2c2cnn(C)c2)on1. The standard InChI is InChI=1S/C13H18N4O/c1-10-6-12(18-15-10)9-17-5-3-4-13(17)11-7-14-16(2)8-11/h6-8,13H,3-5,9H2,1-2H3/t13-/m0/s1. The summed E-state index contributed by atoms with van der Waals surface area (Å²) in [5.41, 5.74) is 2.24. The maximum absolute atomic E-state index is 5.30. The maximum atomic E-state index is 5.30. The van der Waals surface area contributed by atoms with E-state index in [1.807, 2.05) is 30.9 Å². The van der Waals surface area contributed by atoms with E-state index in [9.17, 15) is 0 Å². The third-order valence-corrected chi connectivity index (χ3v) is 3.51. The van der Waals surface area contributed by atoms with Crippen molar-refractivity contribution in [3.8, 4) is 0 Å². The van der Waals surface area contributed by atoms with Crippen LogP contribution in [0.1, 0.15) is 35.9 Å². The van der Waals surface area contributed by atoms with Gasteiger partial charge in [-0.15, -0.1) is 0 Å². The molecule has 5 heteroatoms. The molecule has 0 amide bonds. The molecule has 0 spiro atoms. The first-order valence-corrected chi connectivity index (χ1v) is 6.37. The molecule has 3 heterocycles. The molecule has 96 valence electrons. The second-order valence-corrected chi connectivity index (χ2v) is 5.01. The van der Waals surface area contributed by atoms with Gasteiger partial charge in [0.1, 0.15) is 0 Å². The van der Waals surface area contributed by atoms with Gasteiger partial charge in [0.25, 0.3) is 0 Å². The molecule has 0 bridgehead atoms. The van der Waals surface area contributed by atoms with Crippen molar-refractivity contribution in [3.63, 3.8) is 0 Å². The van der Waals surface area contributed by atoms with Crippen LogP contribution in [0.5, 0.6) is 0 Å². The van der Waals surface area contributed by atoms with Crippen molar-refractivity contribution in [1.82, 2.24) is 19.8 Å². The lowest BCUT2D eigenvalue weighted by atomic mass is 10.1. The molecule has 18 heavy (non-hydrogen) atoms. The van der Waals surface area contributed by atoms with Gasteiger partial charge in [0.15, 0.2) is 5.76 Å². The van der Waals surface area contributed by atoms with Crippen LogP contribution in [0.25, 0.3) is 0 Å². The summed E-state index contributed by atoms with van der Waals surface area (Å²) in [5.74, 6) is 0.947. The Kier molecular flexibility index (Phi) is 2.91. The van der Waals surface area contributed by atoms with Crippen LogP contribution in [0, 0.1) is 6.92 Å². The van der Waals surface area contributed by atoms with Crippen molar-refractivity contribution < 1.29 is 4.52 Å². The van der Waals surface area contributed by atoms with Crippen LogP contribution in [0.4, 0.5) is 0 Å². The molecule has 1 saturated heterocycles. The lowest BCUT2D eigenvalue weighted by Crippen LogP contribution is -2.22. The molecule has 0 radical (unpaired) electrons.